The highest BCUT2D eigenvalue weighted by Crippen LogP contribution is 2.11. The molecule has 0 saturated heterocycles. The van der Waals surface area contributed by atoms with E-state index in [0.29, 0.717) is 0 Å². The first-order chi connectivity index (χ1) is 5.44. The van der Waals surface area contributed by atoms with Crippen LogP contribution in [0.1, 0.15) is 13.8 Å². The van der Waals surface area contributed by atoms with Crippen molar-refractivity contribution < 1.29 is 19.7 Å². The summed E-state index contributed by atoms with van der Waals surface area (Å²) in [6.45, 7) is 3.36. The molecule has 0 aromatic heterocycles. The zero-order valence-electron chi connectivity index (χ0n) is 6.74. The van der Waals surface area contributed by atoms with Crippen LogP contribution in [0.2, 0.25) is 0 Å². The number of carbonyl (C=O) groups is 1. The van der Waals surface area contributed by atoms with Gasteiger partial charge in [0.2, 0.25) is 0 Å². The first-order valence-corrected chi connectivity index (χ1v) is 3.44. The standard InChI is InChI=1S/C6H10N2O4/c1-3(2)12-5-6(10,11)4(9)7-8-5/h3,10-11H,1-2H3,(H,7,9). The van der Waals surface area contributed by atoms with Crippen LogP contribution in [0, 0.1) is 0 Å². The Kier molecular flexibility index (Phi) is 2.03. The predicted molar refractivity (Wildman–Crippen MR) is 39.0 cm³/mol. The van der Waals surface area contributed by atoms with E-state index in [1.807, 2.05) is 5.43 Å². The van der Waals surface area contributed by atoms with Crippen LogP contribution in [0.4, 0.5) is 0 Å². The van der Waals surface area contributed by atoms with Crippen molar-refractivity contribution in [2.45, 2.75) is 25.7 Å². The van der Waals surface area contributed by atoms with Crippen molar-refractivity contribution in [3.63, 3.8) is 0 Å². The van der Waals surface area contributed by atoms with Gasteiger partial charge in [0.15, 0.2) is 0 Å². The van der Waals surface area contributed by atoms with Crippen molar-refractivity contribution >= 4 is 11.8 Å². The molecule has 0 saturated carbocycles. The van der Waals surface area contributed by atoms with Crippen LogP contribution in [0.25, 0.3) is 0 Å². The molecule has 0 radical (unpaired) electrons. The molecule has 0 bridgehead atoms. The Hall–Kier alpha value is -1.14. The summed E-state index contributed by atoms with van der Waals surface area (Å²) in [5, 5.41) is 21.4. The van der Waals surface area contributed by atoms with Crippen molar-refractivity contribution in [1.29, 1.82) is 0 Å². The van der Waals surface area contributed by atoms with Gasteiger partial charge in [-0.1, -0.05) is 0 Å². The van der Waals surface area contributed by atoms with Gasteiger partial charge >= 0.3 is 11.7 Å². The second kappa shape index (κ2) is 2.72. The van der Waals surface area contributed by atoms with Gasteiger partial charge in [0.05, 0.1) is 6.10 Å². The fourth-order valence-corrected chi connectivity index (χ4v) is 0.686. The average molecular weight is 174 g/mol. The second-order valence-electron chi connectivity index (χ2n) is 2.70. The van der Waals surface area contributed by atoms with Gasteiger partial charge in [-0.05, 0) is 13.8 Å². The molecule has 0 spiro atoms. The lowest BCUT2D eigenvalue weighted by molar-refractivity contribution is -0.162. The van der Waals surface area contributed by atoms with Crippen LogP contribution in [0.3, 0.4) is 0 Å². The number of amides is 1. The number of hydrogen-bond donors (Lipinski definition) is 3. The van der Waals surface area contributed by atoms with Gasteiger partial charge in [0.1, 0.15) is 0 Å². The molecule has 12 heavy (non-hydrogen) atoms. The van der Waals surface area contributed by atoms with Crippen molar-refractivity contribution in [3.8, 4) is 0 Å². The molecule has 1 rings (SSSR count). The number of rotatable bonds is 1. The van der Waals surface area contributed by atoms with Crippen LogP contribution in [-0.4, -0.2) is 33.9 Å². The number of ether oxygens (including phenoxy) is 1. The maximum atomic E-state index is 10.7. The van der Waals surface area contributed by atoms with Crippen LogP contribution in [0.5, 0.6) is 0 Å². The molecule has 0 unspecified atom stereocenters. The zero-order valence-corrected chi connectivity index (χ0v) is 6.74. The Morgan fingerprint density at radius 1 is 1.58 bits per heavy atom. The Morgan fingerprint density at radius 2 is 2.17 bits per heavy atom. The van der Waals surface area contributed by atoms with Crippen molar-refractivity contribution in [2.75, 3.05) is 0 Å². The van der Waals surface area contributed by atoms with E-state index in [1.54, 1.807) is 13.8 Å². The normalized spacial score (nSPS) is 20.8. The molecule has 6 nitrogen and oxygen atoms in total. The third kappa shape index (κ3) is 1.39. The van der Waals surface area contributed by atoms with Gasteiger partial charge in [-0.2, -0.15) is 0 Å². The fraction of sp³-hybridized carbons (Fsp3) is 0.667. The Balaban J connectivity index is 2.73. The van der Waals surface area contributed by atoms with E-state index in [4.69, 9.17) is 14.9 Å². The minimum Gasteiger partial charge on any atom is -0.473 e. The van der Waals surface area contributed by atoms with E-state index < -0.39 is 17.6 Å². The van der Waals surface area contributed by atoms with E-state index in [-0.39, 0.29) is 6.10 Å². The summed E-state index contributed by atoms with van der Waals surface area (Å²) < 4.78 is 4.86. The zero-order chi connectivity index (χ0) is 9.35. The van der Waals surface area contributed by atoms with Crippen LogP contribution < -0.4 is 5.43 Å². The van der Waals surface area contributed by atoms with Gasteiger partial charge in [0, 0.05) is 0 Å². The lowest BCUT2D eigenvalue weighted by Gasteiger charge is -2.16. The molecule has 6 heteroatoms. The summed E-state index contributed by atoms with van der Waals surface area (Å²) in [4.78, 5) is 10.7. The summed E-state index contributed by atoms with van der Waals surface area (Å²) >= 11 is 0. The van der Waals surface area contributed by atoms with Gasteiger partial charge in [0.25, 0.3) is 5.90 Å². The molecule has 1 aliphatic rings. The first kappa shape index (κ1) is 8.95. The SMILES string of the molecule is CC(C)OC1=NNC(=O)C1(O)O. The highest BCUT2D eigenvalue weighted by atomic mass is 16.6. The summed E-state index contributed by atoms with van der Waals surface area (Å²) in [5.74, 6) is -4.04. The second-order valence-corrected chi connectivity index (χ2v) is 2.70. The molecule has 0 fully saturated rings. The maximum Gasteiger partial charge on any atom is 0.327 e. The molecule has 1 heterocycles. The number of nitrogens with one attached hydrogen (secondary N) is 1. The molecular weight excluding hydrogens is 164 g/mol. The van der Waals surface area contributed by atoms with E-state index >= 15 is 0 Å². The van der Waals surface area contributed by atoms with E-state index in [2.05, 4.69) is 5.10 Å². The summed E-state index contributed by atoms with van der Waals surface area (Å²) in [6, 6.07) is 0. The quantitative estimate of drug-likeness (QED) is 0.423. The molecule has 0 aromatic rings. The molecule has 0 aromatic carbocycles. The third-order valence-corrected chi connectivity index (χ3v) is 1.22. The summed E-state index contributed by atoms with van der Waals surface area (Å²) in [5.41, 5.74) is 1.89. The van der Waals surface area contributed by atoms with Gasteiger partial charge in [-0.15, -0.1) is 5.10 Å². The number of nitrogens with zero attached hydrogens (tertiary/aromatic N) is 1. The van der Waals surface area contributed by atoms with Gasteiger partial charge < -0.3 is 14.9 Å². The van der Waals surface area contributed by atoms with Gasteiger partial charge in [-0.3, -0.25) is 4.79 Å². The Bertz CT molecular complexity index is 234. The van der Waals surface area contributed by atoms with Crippen molar-refractivity contribution in [1.82, 2.24) is 5.43 Å². The number of carbonyl (C=O) groups excluding carboxylic acids is 1. The fourth-order valence-electron chi connectivity index (χ4n) is 0.686. The van der Waals surface area contributed by atoms with Crippen LogP contribution in [0.15, 0.2) is 5.10 Å². The van der Waals surface area contributed by atoms with Crippen molar-refractivity contribution in [3.05, 3.63) is 0 Å². The minimum absolute atomic E-state index is 0.268. The highest BCUT2D eigenvalue weighted by molar-refractivity contribution is 6.09. The van der Waals surface area contributed by atoms with Gasteiger partial charge in [-0.25, -0.2) is 5.43 Å². The maximum absolute atomic E-state index is 10.7. The monoisotopic (exact) mass is 174 g/mol. The van der Waals surface area contributed by atoms with E-state index in [1.165, 1.54) is 0 Å². The van der Waals surface area contributed by atoms with E-state index in [9.17, 15) is 4.79 Å². The lowest BCUT2D eigenvalue weighted by atomic mass is 10.3. The highest BCUT2D eigenvalue weighted by Gasteiger charge is 2.46. The Labute approximate surface area is 68.8 Å². The topological polar surface area (TPSA) is 91.2 Å². The van der Waals surface area contributed by atoms with Crippen molar-refractivity contribution in [2.24, 2.45) is 5.10 Å². The first-order valence-electron chi connectivity index (χ1n) is 3.44. The number of hydrazone groups is 1. The van der Waals surface area contributed by atoms with Crippen LogP contribution >= 0.6 is 0 Å². The average Bonchev–Trinajstić information content (AvgIpc) is 2.15. The molecule has 1 aliphatic heterocycles. The third-order valence-electron chi connectivity index (χ3n) is 1.22. The minimum atomic E-state index is -2.62. The molecule has 0 aliphatic carbocycles. The molecule has 3 N–H and O–H groups in total. The Morgan fingerprint density at radius 3 is 2.50 bits per heavy atom. The molecule has 0 atom stereocenters. The summed E-state index contributed by atoms with van der Waals surface area (Å²) in [7, 11) is 0. The summed E-state index contributed by atoms with van der Waals surface area (Å²) in [6.07, 6.45) is -0.268. The molecule has 68 valence electrons. The molecular formula is C6H10N2O4. The number of aliphatic hydroxyl groups is 2. The smallest absolute Gasteiger partial charge is 0.327 e. The molecule has 1 amide bonds. The number of hydrogen-bond acceptors (Lipinski definition) is 5. The largest absolute Gasteiger partial charge is 0.473 e. The lowest BCUT2D eigenvalue weighted by Crippen LogP contribution is -2.46. The predicted octanol–water partition coefficient (Wildman–Crippen LogP) is -1.46. The van der Waals surface area contributed by atoms with E-state index in [0.717, 1.165) is 0 Å². The van der Waals surface area contributed by atoms with Crippen LogP contribution in [-0.2, 0) is 9.53 Å².